The van der Waals surface area contributed by atoms with E-state index >= 15 is 0 Å². The fourth-order valence-electron chi connectivity index (χ4n) is 2.69. The number of carbonyl (C=O) groups excluding carboxylic acids is 1. The molecule has 0 saturated carbocycles. The lowest BCUT2D eigenvalue weighted by atomic mass is 9.96. The van der Waals surface area contributed by atoms with Crippen molar-refractivity contribution in [1.82, 2.24) is 4.90 Å². The predicted molar refractivity (Wildman–Crippen MR) is 97.9 cm³/mol. The third kappa shape index (κ3) is 3.03. The lowest BCUT2D eigenvalue weighted by Crippen LogP contribution is -2.25. The largest absolute Gasteiger partial charge is 0.374 e. The molecule has 1 aromatic rings. The summed E-state index contributed by atoms with van der Waals surface area (Å²) in [5.74, 6) is 0.00629. The summed E-state index contributed by atoms with van der Waals surface area (Å²) in [7, 11) is 2.09. The minimum Gasteiger partial charge on any atom is -0.374 e. The monoisotopic (exact) mass is 419 g/mol. The minimum absolute atomic E-state index is 0.00629. The number of ketones is 1. The molecule has 0 bridgehead atoms. The lowest BCUT2D eigenvalue weighted by molar-refractivity contribution is -0.111. The molecule has 0 amide bonds. The Morgan fingerprint density at radius 3 is 2.73 bits per heavy atom. The summed E-state index contributed by atoms with van der Waals surface area (Å²) in [6.45, 7) is 0.989. The fourth-order valence-corrected chi connectivity index (χ4v) is 3.95. The van der Waals surface area contributed by atoms with Gasteiger partial charge in [0.25, 0.3) is 0 Å². The molecule has 1 aliphatic heterocycles. The molecule has 0 saturated heterocycles. The first-order chi connectivity index (χ1) is 10.6. The van der Waals surface area contributed by atoms with Crippen LogP contribution < -0.4 is 0 Å². The number of nitrogens with zero attached hydrogens (tertiary/aromatic N) is 1. The lowest BCUT2D eigenvalue weighted by Gasteiger charge is -2.29. The second-order valence-corrected chi connectivity index (χ2v) is 7.12. The molecule has 0 unspecified atom stereocenters. The molecule has 22 heavy (non-hydrogen) atoms. The van der Waals surface area contributed by atoms with Gasteiger partial charge in [-0.15, -0.1) is 0 Å². The Morgan fingerprint density at radius 2 is 1.91 bits per heavy atom. The molecule has 2 aliphatic rings. The number of carbonyl (C=O) groups is 1. The minimum atomic E-state index is 0.00629. The summed E-state index contributed by atoms with van der Waals surface area (Å²) in [6.07, 6.45) is 8.60. The zero-order valence-corrected chi connectivity index (χ0v) is 15.3. The van der Waals surface area contributed by atoms with Crippen molar-refractivity contribution in [2.24, 2.45) is 0 Å². The summed E-state index contributed by atoms with van der Waals surface area (Å²) in [4.78, 5) is 14.4. The van der Waals surface area contributed by atoms with E-state index in [1.165, 1.54) is 11.1 Å². The van der Waals surface area contributed by atoms with Crippen LogP contribution >= 0.6 is 31.9 Å². The van der Waals surface area contributed by atoms with Gasteiger partial charge < -0.3 is 4.90 Å². The molecule has 2 nitrogen and oxygen atoms in total. The van der Waals surface area contributed by atoms with Crippen molar-refractivity contribution >= 4 is 43.3 Å². The van der Waals surface area contributed by atoms with Crippen molar-refractivity contribution in [2.75, 3.05) is 13.6 Å². The molecule has 112 valence electrons. The SMILES string of the molecule is CN1CCc2ccccc2/C1=C/C=C1\C=C(Br)C=C(Br)C1=O. The Bertz CT molecular complexity index is 756. The van der Waals surface area contributed by atoms with E-state index in [-0.39, 0.29) is 5.78 Å². The van der Waals surface area contributed by atoms with Crippen molar-refractivity contribution in [1.29, 1.82) is 0 Å². The van der Waals surface area contributed by atoms with Crippen LogP contribution in [-0.4, -0.2) is 24.3 Å². The van der Waals surface area contributed by atoms with E-state index in [0.717, 1.165) is 23.1 Å². The highest BCUT2D eigenvalue weighted by Crippen LogP contribution is 2.29. The van der Waals surface area contributed by atoms with E-state index < -0.39 is 0 Å². The number of halogens is 2. The number of allylic oxidation sites excluding steroid dienone is 7. The van der Waals surface area contributed by atoms with E-state index in [4.69, 9.17) is 0 Å². The zero-order valence-electron chi connectivity index (χ0n) is 12.1. The van der Waals surface area contributed by atoms with Gasteiger partial charge in [0.05, 0.1) is 4.48 Å². The summed E-state index contributed by atoms with van der Waals surface area (Å²) < 4.78 is 1.46. The van der Waals surface area contributed by atoms with Crippen molar-refractivity contribution in [3.8, 4) is 0 Å². The molecule has 0 spiro atoms. The number of Topliss-reactive ketones (excluding diaryl/α,β-unsaturated/α-hetero) is 1. The maximum Gasteiger partial charge on any atom is 0.200 e. The van der Waals surface area contributed by atoms with E-state index in [9.17, 15) is 4.79 Å². The van der Waals surface area contributed by atoms with Crippen LogP contribution in [0.1, 0.15) is 11.1 Å². The van der Waals surface area contributed by atoms with Crippen LogP contribution in [0.4, 0.5) is 0 Å². The van der Waals surface area contributed by atoms with Gasteiger partial charge in [-0.2, -0.15) is 0 Å². The first-order valence-corrected chi connectivity index (χ1v) is 8.65. The third-order valence-corrected chi connectivity index (χ3v) is 4.93. The number of hydrogen-bond donors (Lipinski definition) is 0. The van der Waals surface area contributed by atoms with Crippen LogP contribution in [0, 0.1) is 0 Å². The van der Waals surface area contributed by atoms with Gasteiger partial charge in [0.15, 0.2) is 5.78 Å². The van der Waals surface area contributed by atoms with Gasteiger partial charge in [-0.3, -0.25) is 4.79 Å². The van der Waals surface area contributed by atoms with E-state index in [2.05, 4.69) is 68.1 Å². The first kappa shape index (κ1) is 15.5. The molecule has 0 N–H and O–H groups in total. The molecule has 4 heteroatoms. The third-order valence-electron chi connectivity index (χ3n) is 3.88. The van der Waals surface area contributed by atoms with Crippen LogP contribution in [0.15, 0.2) is 63.1 Å². The molecule has 1 aromatic carbocycles. The Hall–Kier alpha value is -1.39. The average Bonchev–Trinajstić information content (AvgIpc) is 2.50. The summed E-state index contributed by atoms with van der Waals surface area (Å²) >= 11 is 6.74. The van der Waals surface area contributed by atoms with Gasteiger partial charge in [0.2, 0.25) is 0 Å². The van der Waals surface area contributed by atoms with Gasteiger partial charge >= 0.3 is 0 Å². The maximum atomic E-state index is 12.2. The van der Waals surface area contributed by atoms with E-state index in [1.54, 1.807) is 6.08 Å². The number of hydrogen-bond acceptors (Lipinski definition) is 2. The van der Waals surface area contributed by atoms with Crippen LogP contribution in [-0.2, 0) is 11.2 Å². The topological polar surface area (TPSA) is 20.3 Å². The quantitative estimate of drug-likeness (QED) is 0.619. The number of rotatable bonds is 1. The van der Waals surface area contributed by atoms with Crippen molar-refractivity contribution in [3.63, 3.8) is 0 Å². The summed E-state index contributed by atoms with van der Waals surface area (Å²) in [5.41, 5.74) is 4.43. The summed E-state index contributed by atoms with van der Waals surface area (Å²) in [6, 6.07) is 8.44. The van der Waals surface area contributed by atoms with Gasteiger partial charge in [-0.1, -0.05) is 40.2 Å². The molecule has 0 atom stereocenters. The number of fused-ring (bicyclic) bond motifs is 1. The number of likely N-dealkylation sites (N-methyl/N-ethyl adjacent to an activating group) is 1. The van der Waals surface area contributed by atoms with Crippen molar-refractivity contribution in [3.05, 3.63) is 74.2 Å². The molecule has 3 rings (SSSR count). The second kappa shape index (κ2) is 6.39. The van der Waals surface area contributed by atoms with Crippen LogP contribution in [0.25, 0.3) is 5.70 Å². The highest BCUT2D eigenvalue weighted by Gasteiger charge is 2.18. The van der Waals surface area contributed by atoms with Crippen molar-refractivity contribution < 1.29 is 4.79 Å². The van der Waals surface area contributed by atoms with Crippen LogP contribution in [0.3, 0.4) is 0 Å². The summed E-state index contributed by atoms with van der Waals surface area (Å²) in [5, 5.41) is 0. The Kier molecular flexibility index (Phi) is 4.50. The highest BCUT2D eigenvalue weighted by molar-refractivity contribution is 9.12. The van der Waals surface area contributed by atoms with E-state index in [0.29, 0.717) is 10.1 Å². The van der Waals surface area contributed by atoms with Crippen LogP contribution in [0.5, 0.6) is 0 Å². The average molecular weight is 421 g/mol. The normalized spacial score (nSPS) is 21.8. The molecule has 1 aliphatic carbocycles. The van der Waals surface area contributed by atoms with E-state index in [1.807, 2.05) is 18.2 Å². The number of benzene rings is 1. The van der Waals surface area contributed by atoms with Gasteiger partial charge in [0.1, 0.15) is 0 Å². The maximum absolute atomic E-state index is 12.2. The Morgan fingerprint density at radius 1 is 1.14 bits per heavy atom. The standard InChI is InChI=1S/C18H15Br2NO/c1-21-9-8-12-4-2-3-5-15(12)17(21)7-6-13-10-14(19)11-16(20)18(13)22/h2-7,10-11H,8-9H2,1H3/b13-6+,17-7-. The fraction of sp³-hybridized carbons (Fsp3) is 0.167. The predicted octanol–water partition coefficient (Wildman–Crippen LogP) is 4.58. The molecular formula is C18H15Br2NO. The zero-order chi connectivity index (χ0) is 15.7. The van der Waals surface area contributed by atoms with Crippen molar-refractivity contribution in [2.45, 2.75) is 6.42 Å². The molecule has 0 aromatic heterocycles. The molecule has 1 heterocycles. The molecule has 0 fully saturated rings. The van der Waals surface area contributed by atoms with Gasteiger partial charge in [-0.25, -0.2) is 0 Å². The van der Waals surface area contributed by atoms with Crippen LogP contribution in [0.2, 0.25) is 0 Å². The van der Waals surface area contributed by atoms with Gasteiger partial charge in [-0.05, 0) is 52.2 Å². The Balaban J connectivity index is 2.01. The highest BCUT2D eigenvalue weighted by atomic mass is 79.9. The molecular weight excluding hydrogens is 406 g/mol. The smallest absolute Gasteiger partial charge is 0.200 e. The second-order valence-electron chi connectivity index (χ2n) is 5.35. The molecule has 0 radical (unpaired) electrons. The first-order valence-electron chi connectivity index (χ1n) is 7.07. The van der Waals surface area contributed by atoms with Gasteiger partial charge in [0, 0.05) is 34.9 Å². The Labute approximate surface area is 147 Å².